The molecule has 0 radical (unpaired) electrons. The van der Waals surface area contributed by atoms with Crippen molar-refractivity contribution in [3.8, 4) is 33.8 Å². The van der Waals surface area contributed by atoms with Gasteiger partial charge in [-0.05, 0) is 88.0 Å². The van der Waals surface area contributed by atoms with Crippen LogP contribution in [0.1, 0.15) is 22.3 Å². The second-order valence-corrected chi connectivity index (χ2v) is 12.9. The number of ether oxygens (including phenoxy) is 1. The number of benzene rings is 8. The van der Waals surface area contributed by atoms with Gasteiger partial charge in [-0.3, -0.25) is 0 Å². The molecule has 0 unspecified atom stereocenters. The van der Waals surface area contributed by atoms with Crippen LogP contribution in [-0.2, 0) is 5.41 Å². The van der Waals surface area contributed by atoms with Crippen LogP contribution in [0.5, 0.6) is 11.5 Å². The predicted octanol–water partition coefficient (Wildman–Crippen LogP) is 13.0. The number of hydrogen-bond donors (Lipinski definition) is 0. The van der Waals surface area contributed by atoms with E-state index < -0.39 is 5.41 Å². The largest absolute Gasteiger partial charge is 0.457 e. The van der Waals surface area contributed by atoms with Gasteiger partial charge in [0.05, 0.1) is 5.41 Å². The number of nitrogens with zero attached hydrogens (tertiary/aromatic N) is 1. The molecule has 0 spiro atoms. The fraction of sp³-hybridized carbons (Fsp3) is 0.0204. The van der Waals surface area contributed by atoms with E-state index in [1.54, 1.807) is 0 Å². The number of para-hydroxylation sites is 2. The van der Waals surface area contributed by atoms with Gasteiger partial charge >= 0.3 is 0 Å². The number of hydrogen-bond acceptors (Lipinski definition) is 2. The quantitative estimate of drug-likeness (QED) is 0.170. The fourth-order valence-corrected chi connectivity index (χ4v) is 7.65. The van der Waals surface area contributed by atoms with E-state index >= 15 is 0 Å². The lowest BCUT2D eigenvalue weighted by molar-refractivity contribution is 0.434. The third-order valence-corrected chi connectivity index (χ3v) is 10.0. The van der Waals surface area contributed by atoms with Crippen molar-refractivity contribution in [3.05, 3.63) is 235 Å². The Morgan fingerprint density at radius 3 is 1.31 bits per heavy atom. The van der Waals surface area contributed by atoms with Gasteiger partial charge in [0.1, 0.15) is 11.5 Å². The first kappa shape index (κ1) is 30.4. The van der Waals surface area contributed by atoms with Gasteiger partial charge in [-0.2, -0.15) is 0 Å². The van der Waals surface area contributed by atoms with Crippen LogP contribution in [0.15, 0.2) is 212 Å². The Bertz CT molecular complexity index is 2370. The number of rotatable bonds is 7. The summed E-state index contributed by atoms with van der Waals surface area (Å²) in [5, 5.41) is 0. The lowest BCUT2D eigenvalue weighted by Crippen LogP contribution is -2.34. The Labute approximate surface area is 299 Å². The molecular formula is C49H35NO. The average molecular weight is 654 g/mol. The lowest BCUT2D eigenvalue weighted by Gasteiger charge is -2.41. The van der Waals surface area contributed by atoms with Crippen LogP contribution >= 0.6 is 0 Å². The molecule has 0 aromatic heterocycles. The van der Waals surface area contributed by atoms with Gasteiger partial charge in [-0.25, -0.2) is 0 Å². The summed E-state index contributed by atoms with van der Waals surface area (Å²) in [5.41, 5.74) is 12.1. The van der Waals surface area contributed by atoms with Crippen molar-refractivity contribution in [2.45, 2.75) is 5.41 Å². The van der Waals surface area contributed by atoms with Crippen molar-refractivity contribution in [1.82, 2.24) is 0 Å². The molecule has 0 saturated carbocycles. The lowest BCUT2D eigenvalue weighted by atomic mass is 9.63. The molecule has 2 nitrogen and oxygen atoms in total. The molecule has 1 heterocycles. The summed E-state index contributed by atoms with van der Waals surface area (Å²) in [5.74, 6) is 1.75. The predicted molar refractivity (Wildman–Crippen MR) is 210 cm³/mol. The molecule has 0 fully saturated rings. The Hall–Kier alpha value is -6.64. The van der Waals surface area contributed by atoms with E-state index in [1.165, 1.54) is 22.3 Å². The SMILES string of the molecule is c1ccc(-c2ccc(N(c3ccccc3)c3ccc(-c4ccc5c(c4)C(c4ccccc4)(c4ccccc4)c4ccccc4O5)cc3)cc2)cc1. The Balaban J connectivity index is 1.15. The first-order valence-corrected chi connectivity index (χ1v) is 17.4. The van der Waals surface area contributed by atoms with E-state index in [0.717, 1.165) is 50.8 Å². The van der Waals surface area contributed by atoms with Crippen molar-refractivity contribution in [1.29, 1.82) is 0 Å². The van der Waals surface area contributed by atoms with Crippen molar-refractivity contribution in [2.75, 3.05) is 4.90 Å². The summed E-state index contributed by atoms with van der Waals surface area (Å²) in [6.07, 6.45) is 0. The molecule has 242 valence electrons. The van der Waals surface area contributed by atoms with E-state index in [0.29, 0.717) is 0 Å². The molecular weight excluding hydrogens is 619 g/mol. The van der Waals surface area contributed by atoms with Crippen molar-refractivity contribution in [3.63, 3.8) is 0 Å². The maximum Gasteiger partial charge on any atom is 0.132 e. The van der Waals surface area contributed by atoms with Gasteiger partial charge < -0.3 is 9.64 Å². The fourth-order valence-electron chi connectivity index (χ4n) is 7.65. The van der Waals surface area contributed by atoms with E-state index in [9.17, 15) is 0 Å². The summed E-state index contributed by atoms with van der Waals surface area (Å²) < 4.78 is 6.65. The van der Waals surface area contributed by atoms with E-state index in [-0.39, 0.29) is 0 Å². The second kappa shape index (κ2) is 13.0. The minimum absolute atomic E-state index is 0.557. The number of anilines is 3. The summed E-state index contributed by atoms with van der Waals surface area (Å²) in [6.45, 7) is 0. The highest BCUT2D eigenvalue weighted by Crippen LogP contribution is 2.55. The molecule has 0 amide bonds. The molecule has 0 N–H and O–H groups in total. The third kappa shape index (κ3) is 5.39. The Morgan fingerprint density at radius 1 is 0.314 bits per heavy atom. The van der Waals surface area contributed by atoms with Gasteiger partial charge in [0, 0.05) is 28.2 Å². The molecule has 1 aliphatic heterocycles. The molecule has 51 heavy (non-hydrogen) atoms. The van der Waals surface area contributed by atoms with Crippen LogP contribution in [-0.4, -0.2) is 0 Å². The summed E-state index contributed by atoms with van der Waals surface area (Å²) in [6, 6.07) is 75.6. The molecule has 0 saturated heterocycles. The standard InChI is InChI=1S/C49H35NO/c1-5-15-36(16-6-1)37-25-30-43(31-26-37)50(42-21-11-4-12-22-42)44-32-27-38(28-33-44)39-29-34-48-46(35-39)49(40-17-7-2-8-18-40,41-19-9-3-10-20-41)45-23-13-14-24-47(45)51-48/h1-35H. The number of fused-ring (bicyclic) bond motifs is 2. The molecule has 0 atom stereocenters. The Kier molecular flexibility index (Phi) is 7.75. The zero-order valence-corrected chi connectivity index (χ0v) is 28.1. The van der Waals surface area contributed by atoms with E-state index in [2.05, 4.69) is 217 Å². The first-order valence-electron chi connectivity index (χ1n) is 17.4. The molecule has 1 aliphatic rings. The monoisotopic (exact) mass is 653 g/mol. The summed E-state index contributed by atoms with van der Waals surface area (Å²) in [7, 11) is 0. The van der Waals surface area contributed by atoms with Crippen LogP contribution in [0.4, 0.5) is 17.1 Å². The van der Waals surface area contributed by atoms with E-state index in [4.69, 9.17) is 4.74 Å². The van der Waals surface area contributed by atoms with Crippen LogP contribution in [0.2, 0.25) is 0 Å². The van der Waals surface area contributed by atoms with Gasteiger partial charge in [0.2, 0.25) is 0 Å². The summed E-state index contributed by atoms with van der Waals surface area (Å²) in [4.78, 5) is 2.31. The Morgan fingerprint density at radius 2 is 0.725 bits per heavy atom. The molecule has 9 rings (SSSR count). The third-order valence-electron chi connectivity index (χ3n) is 10.0. The minimum Gasteiger partial charge on any atom is -0.457 e. The molecule has 8 aromatic carbocycles. The molecule has 8 aromatic rings. The van der Waals surface area contributed by atoms with Gasteiger partial charge in [-0.15, -0.1) is 0 Å². The smallest absolute Gasteiger partial charge is 0.132 e. The van der Waals surface area contributed by atoms with Crippen LogP contribution in [0.3, 0.4) is 0 Å². The maximum absolute atomic E-state index is 6.65. The highest BCUT2D eigenvalue weighted by atomic mass is 16.5. The maximum atomic E-state index is 6.65. The van der Waals surface area contributed by atoms with E-state index in [1.807, 2.05) is 0 Å². The topological polar surface area (TPSA) is 12.5 Å². The highest BCUT2D eigenvalue weighted by Gasteiger charge is 2.45. The van der Waals surface area contributed by atoms with Gasteiger partial charge in [0.15, 0.2) is 0 Å². The first-order chi connectivity index (χ1) is 25.3. The minimum atomic E-state index is -0.557. The van der Waals surface area contributed by atoms with Crippen LogP contribution in [0, 0.1) is 0 Å². The molecule has 0 aliphatic carbocycles. The zero-order valence-electron chi connectivity index (χ0n) is 28.1. The molecule has 0 bridgehead atoms. The highest BCUT2D eigenvalue weighted by molar-refractivity contribution is 5.81. The normalized spacial score (nSPS) is 12.6. The molecule has 2 heteroatoms. The average Bonchev–Trinajstić information content (AvgIpc) is 3.22. The van der Waals surface area contributed by atoms with Crippen molar-refractivity contribution in [2.24, 2.45) is 0 Å². The van der Waals surface area contributed by atoms with Crippen molar-refractivity contribution >= 4 is 17.1 Å². The zero-order chi connectivity index (χ0) is 34.0. The summed E-state index contributed by atoms with van der Waals surface area (Å²) >= 11 is 0. The van der Waals surface area contributed by atoms with Crippen LogP contribution < -0.4 is 9.64 Å². The van der Waals surface area contributed by atoms with Gasteiger partial charge in [-0.1, -0.05) is 158 Å². The second-order valence-electron chi connectivity index (χ2n) is 12.9. The van der Waals surface area contributed by atoms with Crippen molar-refractivity contribution < 1.29 is 4.74 Å². The van der Waals surface area contributed by atoms with Crippen LogP contribution in [0.25, 0.3) is 22.3 Å². The van der Waals surface area contributed by atoms with Gasteiger partial charge in [0.25, 0.3) is 0 Å².